The molecule has 3 aromatic rings. The minimum absolute atomic E-state index is 0.0646. The van der Waals surface area contributed by atoms with E-state index in [1.165, 1.54) is 23.7 Å². The fourth-order valence-corrected chi connectivity index (χ4v) is 5.79. The fourth-order valence-electron chi connectivity index (χ4n) is 4.79. The van der Waals surface area contributed by atoms with E-state index in [1.807, 2.05) is 85.8 Å². The van der Waals surface area contributed by atoms with E-state index in [1.54, 1.807) is 4.90 Å². The van der Waals surface area contributed by atoms with Crippen LogP contribution >= 0.6 is 23.4 Å². The van der Waals surface area contributed by atoms with Crippen LogP contribution in [-0.4, -0.2) is 34.6 Å². The number of thioether (sulfide) groups is 1. The molecule has 1 unspecified atom stereocenters. The molecular formula is C31H35ClN2O2S. The van der Waals surface area contributed by atoms with Gasteiger partial charge in [0.05, 0.1) is 5.75 Å². The number of nitrogens with zero attached hydrogens (tertiary/aromatic N) is 1. The van der Waals surface area contributed by atoms with Crippen LogP contribution in [0.2, 0.25) is 5.02 Å². The third kappa shape index (κ3) is 8.37. The Labute approximate surface area is 229 Å². The summed E-state index contributed by atoms with van der Waals surface area (Å²) >= 11 is 7.78. The molecule has 1 saturated carbocycles. The molecule has 0 saturated heterocycles. The zero-order chi connectivity index (χ0) is 26.0. The topological polar surface area (TPSA) is 49.4 Å². The second kappa shape index (κ2) is 13.7. The van der Waals surface area contributed by atoms with Gasteiger partial charge in [0.2, 0.25) is 11.8 Å². The quantitative estimate of drug-likeness (QED) is 0.290. The minimum atomic E-state index is -0.616. The molecule has 1 aliphatic rings. The highest BCUT2D eigenvalue weighted by Gasteiger charge is 2.32. The number of amides is 2. The van der Waals surface area contributed by atoms with Crippen molar-refractivity contribution in [2.45, 2.75) is 69.0 Å². The molecule has 4 nitrogen and oxygen atoms in total. The van der Waals surface area contributed by atoms with Gasteiger partial charge in [-0.2, -0.15) is 0 Å². The average Bonchev–Trinajstić information content (AvgIpc) is 2.91. The number of carbonyl (C=O) groups excluding carboxylic acids is 2. The van der Waals surface area contributed by atoms with Crippen LogP contribution in [0.15, 0.2) is 83.8 Å². The molecule has 4 rings (SSSR count). The highest BCUT2D eigenvalue weighted by atomic mass is 35.5. The molecule has 2 amide bonds. The lowest BCUT2D eigenvalue weighted by atomic mass is 9.94. The Bertz CT molecular complexity index is 1160. The van der Waals surface area contributed by atoms with Crippen molar-refractivity contribution < 1.29 is 9.59 Å². The summed E-state index contributed by atoms with van der Waals surface area (Å²) in [6.45, 7) is 2.37. The first kappa shape index (κ1) is 27.3. The van der Waals surface area contributed by atoms with Crippen LogP contribution in [0.25, 0.3) is 0 Å². The molecular weight excluding hydrogens is 500 g/mol. The number of benzene rings is 3. The summed E-state index contributed by atoms with van der Waals surface area (Å²) in [6, 6.07) is 25.2. The van der Waals surface area contributed by atoms with Crippen molar-refractivity contribution in [1.29, 1.82) is 0 Å². The van der Waals surface area contributed by atoms with Gasteiger partial charge in [-0.3, -0.25) is 9.59 Å². The van der Waals surface area contributed by atoms with E-state index in [4.69, 9.17) is 11.6 Å². The molecule has 1 atom stereocenters. The molecule has 3 aromatic carbocycles. The van der Waals surface area contributed by atoms with Crippen LogP contribution in [0.3, 0.4) is 0 Å². The largest absolute Gasteiger partial charge is 0.352 e. The zero-order valence-corrected chi connectivity index (χ0v) is 22.9. The standard InChI is InChI=1S/C31H35ClN2O2S/c1-23-15-17-28(18-16-23)37-22-30(35)34(21-25-11-8-12-26(32)19-25)29(20-24-9-4-2-5-10-24)31(36)33-27-13-6-3-7-14-27/h2,4-5,8-12,15-19,27,29H,3,6-7,13-14,20-22H2,1H3,(H,33,36). The van der Waals surface area contributed by atoms with Gasteiger partial charge in [0.1, 0.15) is 6.04 Å². The Morgan fingerprint density at radius 2 is 1.65 bits per heavy atom. The molecule has 0 heterocycles. The molecule has 1 N–H and O–H groups in total. The SMILES string of the molecule is Cc1ccc(SCC(=O)N(Cc2cccc(Cl)c2)C(Cc2ccccc2)C(=O)NC2CCCCC2)cc1. The van der Waals surface area contributed by atoms with Gasteiger partial charge >= 0.3 is 0 Å². The summed E-state index contributed by atoms with van der Waals surface area (Å²) in [5.74, 6) is 0.114. The van der Waals surface area contributed by atoms with E-state index in [0.29, 0.717) is 18.0 Å². The maximum absolute atomic E-state index is 13.8. The van der Waals surface area contributed by atoms with Crippen LogP contribution in [0, 0.1) is 6.92 Å². The van der Waals surface area contributed by atoms with Crippen molar-refractivity contribution in [3.05, 3.63) is 101 Å². The van der Waals surface area contributed by atoms with Crippen molar-refractivity contribution in [2.75, 3.05) is 5.75 Å². The number of hydrogen-bond donors (Lipinski definition) is 1. The summed E-state index contributed by atoms with van der Waals surface area (Å²) in [5, 5.41) is 3.90. The fraction of sp³-hybridized carbons (Fsp3) is 0.355. The Kier molecular flexibility index (Phi) is 10.1. The monoisotopic (exact) mass is 534 g/mol. The van der Waals surface area contributed by atoms with Crippen LogP contribution in [-0.2, 0) is 22.6 Å². The van der Waals surface area contributed by atoms with Crippen molar-refractivity contribution in [2.24, 2.45) is 0 Å². The number of rotatable bonds is 10. The van der Waals surface area contributed by atoms with E-state index in [-0.39, 0.29) is 23.6 Å². The molecule has 0 aliphatic heterocycles. The Balaban J connectivity index is 1.60. The Morgan fingerprint density at radius 3 is 2.35 bits per heavy atom. The highest BCUT2D eigenvalue weighted by molar-refractivity contribution is 8.00. The molecule has 0 spiro atoms. The highest BCUT2D eigenvalue weighted by Crippen LogP contribution is 2.23. The maximum atomic E-state index is 13.8. The van der Waals surface area contributed by atoms with Crippen molar-refractivity contribution in [3.8, 4) is 0 Å². The van der Waals surface area contributed by atoms with Crippen LogP contribution in [0.1, 0.15) is 48.8 Å². The van der Waals surface area contributed by atoms with E-state index in [9.17, 15) is 9.59 Å². The first-order chi connectivity index (χ1) is 18.0. The number of nitrogens with one attached hydrogen (secondary N) is 1. The lowest BCUT2D eigenvalue weighted by molar-refractivity contribution is -0.139. The maximum Gasteiger partial charge on any atom is 0.243 e. The van der Waals surface area contributed by atoms with Gasteiger partial charge in [-0.15, -0.1) is 11.8 Å². The molecule has 0 aromatic heterocycles. The van der Waals surface area contributed by atoms with Crippen molar-refractivity contribution in [3.63, 3.8) is 0 Å². The second-order valence-electron chi connectivity index (χ2n) is 9.80. The minimum Gasteiger partial charge on any atom is -0.352 e. The van der Waals surface area contributed by atoms with Crippen molar-refractivity contribution in [1.82, 2.24) is 10.2 Å². The van der Waals surface area contributed by atoms with E-state index in [2.05, 4.69) is 5.32 Å². The third-order valence-corrected chi connectivity index (χ3v) is 8.08. The van der Waals surface area contributed by atoms with Gasteiger partial charge in [-0.1, -0.05) is 91.0 Å². The average molecular weight is 535 g/mol. The predicted octanol–water partition coefficient (Wildman–Crippen LogP) is 6.83. The number of hydrogen-bond acceptors (Lipinski definition) is 3. The van der Waals surface area contributed by atoms with Gasteiger partial charge in [0.15, 0.2) is 0 Å². The molecule has 6 heteroatoms. The van der Waals surface area contributed by atoms with Gasteiger partial charge in [0.25, 0.3) is 0 Å². The first-order valence-electron chi connectivity index (χ1n) is 13.1. The number of aryl methyl sites for hydroxylation is 1. The summed E-state index contributed by atoms with van der Waals surface area (Å²) in [4.78, 5) is 30.4. The summed E-state index contributed by atoms with van der Waals surface area (Å²) in [6.07, 6.45) is 5.93. The molecule has 194 valence electrons. The van der Waals surface area contributed by atoms with Gasteiger partial charge < -0.3 is 10.2 Å². The Morgan fingerprint density at radius 1 is 0.946 bits per heavy atom. The molecule has 0 radical (unpaired) electrons. The molecule has 1 fully saturated rings. The third-order valence-electron chi connectivity index (χ3n) is 6.85. The van der Waals surface area contributed by atoms with Crippen molar-refractivity contribution >= 4 is 35.2 Å². The predicted molar refractivity (Wildman–Crippen MR) is 153 cm³/mol. The molecule has 37 heavy (non-hydrogen) atoms. The lowest BCUT2D eigenvalue weighted by Crippen LogP contribution is -2.53. The second-order valence-corrected chi connectivity index (χ2v) is 11.3. The number of carbonyl (C=O) groups is 2. The molecule has 0 bridgehead atoms. The normalized spacial score (nSPS) is 14.6. The smallest absolute Gasteiger partial charge is 0.243 e. The van der Waals surface area contributed by atoms with Gasteiger partial charge in [0, 0.05) is 28.9 Å². The lowest BCUT2D eigenvalue weighted by Gasteiger charge is -2.33. The Hall–Kier alpha value is -2.76. The van der Waals surface area contributed by atoms with Crippen LogP contribution in [0.4, 0.5) is 0 Å². The van der Waals surface area contributed by atoms with E-state index < -0.39 is 6.04 Å². The summed E-state index contributed by atoms with van der Waals surface area (Å²) in [7, 11) is 0. The van der Waals surface area contributed by atoms with Crippen LogP contribution < -0.4 is 5.32 Å². The number of halogens is 1. The summed E-state index contributed by atoms with van der Waals surface area (Å²) in [5.41, 5.74) is 3.12. The first-order valence-corrected chi connectivity index (χ1v) is 14.4. The molecule has 1 aliphatic carbocycles. The van der Waals surface area contributed by atoms with Gasteiger partial charge in [-0.25, -0.2) is 0 Å². The van der Waals surface area contributed by atoms with E-state index >= 15 is 0 Å². The zero-order valence-electron chi connectivity index (χ0n) is 21.4. The van der Waals surface area contributed by atoms with E-state index in [0.717, 1.165) is 41.7 Å². The summed E-state index contributed by atoms with van der Waals surface area (Å²) < 4.78 is 0. The van der Waals surface area contributed by atoms with Crippen LogP contribution in [0.5, 0.6) is 0 Å². The van der Waals surface area contributed by atoms with Gasteiger partial charge in [-0.05, 0) is 55.2 Å².